The largest absolute Gasteiger partial charge is 0.374 e. The van der Waals surface area contributed by atoms with Crippen LogP contribution >= 0.6 is 0 Å². The van der Waals surface area contributed by atoms with E-state index in [4.69, 9.17) is 4.74 Å². The maximum atomic E-state index is 5.90. The van der Waals surface area contributed by atoms with Gasteiger partial charge in [0.05, 0.1) is 12.7 Å². The van der Waals surface area contributed by atoms with E-state index in [0.29, 0.717) is 12.0 Å². The predicted molar refractivity (Wildman–Crippen MR) is 105 cm³/mol. The fourth-order valence-electron chi connectivity index (χ4n) is 3.59. The Balaban J connectivity index is 1.66. The van der Waals surface area contributed by atoms with E-state index in [1.807, 2.05) is 7.05 Å². The van der Waals surface area contributed by atoms with Crippen LogP contribution in [-0.2, 0) is 4.74 Å². The first kappa shape index (κ1) is 20.5. The van der Waals surface area contributed by atoms with Crippen molar-refractivity contribution >= 4 is 5.96 Å². The maximum absolute atomic E-state index is 5.90. The van der Waals surface area contributed by atoms with Gasteiger partial charge in [0.1, 0.15) is 0 Å². The summed E-state index contributed by atoms with van der Waals surface area (Å²) in [6.07, 6.45) is 2.96. The highest BCUT2D eigenvalue weighted by atomic mass is 16.5. The van der Waals surface area contributed by atoms with Crippen molar-refractivity contribution in [3.8, 4) is 0 Å². The summed E-state index contributed by atoms with van der Waals surface area (Å²) < 4.78 is 5.90. The van der Waals surface area contributed by atoms with Gasteiger partial charge in [-0.15, -0.1) is 0 Å². The van der Waals surface area contributed by atoms with E-state index in [1.165, 1.54) is 12.8 Å². The summed E-state index contributed by atoms with van der Waals surface area (Å²) in [6, 6.07) is 1.42. The SMILES string of the molecule is CN=C(NCCN(C(C)C)C1CC1)NCC1CN(CC(C)C)CCO1. The molecule has 6 nitrogen and oxygen atoms in total. The molecule has 6 heteroatoms. The van der Waals surface area contributed by atoms with Gasteiger partial charge in [-0.1, -0.05) is 13.8 Å². The van der Waals surface area contributed by atoms with Gasteiger partial charge < -0.3 is 15.4 Å². The van der Waals surface area contributed by atoms with Gasteiger partial charge in [-0.2, -0.15) is 0 Å². The molecule has 2 aliphatic rings. The molecule has 0 bridgehead atoms. The molecule has 1 saturated heterocycles. The molecule has 0 aromatic rings. The maximum Gasteiger partial charge on any atom is 0.191 e. The highest BCUT2D eigenvalue weighted by molar-refractivity contribution is 5.79. The fourth-order valence-corrected chi connectivity index (χ4v) is 3.59. The highest BCUT2D eigenvalue weighted by Crippen LogP contribution is 2.27. The van der Waals surface area contributed by atoms with E-state index in [0.717, 1.165) is 57.9 Å². The number of nitrogens with zero attached hydrogens (tertiary/aromatic N) is 3. The summed E-state index contributed by atoms with van der Waals surface area (Å²) in [5.41, 5.74) is 0. The fraction of sp³-hybridized carbons (Fsp3) is 0.947. The summed E-state index contributed by atoms with van der Waals surface area (Å²) in [5, 5.41) is 6.88. The smallest absolute Gasteiger partial charge is 0.191 e. The zero-order valence-corrected chi connectivity index (χ0v) is 16.9. The number of morpholine rings is 1. The van der Waals surface area contributed by atoms with Crippen LogP contribution in [-0.4, -0.2) is 86.9 Å². The Kier molecular flexibility index (Phi) is 8.46. The van der Waals surface area contributed by atoms with Crippen LogP contribution in [0.5, 0.6) is 0 Å². The predicted octanol–water partition coefficient (Wildman–Crippen LogP) is 1.38. The van der Waals surface area contributed by atoms with Gasteiger partial charge in [-0.3, -0.25) is 14.8 Å². The van der Waals surface area contributed by atoms with Crippen LogP contribution in [0, 0.1) is 5.92 Å². The zero-order valence-electron chi connectivity index (χ0n) is 16.9. The number of ether oxygens (including phenoxy) is 1. The molecular formula is C19H39N5O. The van der Waals surface area contributed by atoms with Gasteiger partial charge in [0.2, 0.25) is 0 Å². The Hall–Kier alpha value is -0.850. The quantitative estimate of drug-likeness (QED) is 0.484. The Bertz CT molecular complexity index is 407. The van der Waals surface area contributed by atoms with E-state index < -0.39 is 0 Å². The lowest BCUT2D eigenvalue weighted by molar-refractivity contribution is -0.0284. The van der Waals surface area contributed by atoms with Gasteiger partial charge >= 0.3 is 0 Å². The lowest BCUT2D eigenvalue weighted by Crippen LogP contribution is -2.50. The summed E-state index contributed by atoms with van der Waals surface area (Å²) in [7, 11) is 1.84. The zero-order chi connectivity index (χ0) is 18.2. The highest BCUT2D eigenvalue weighted by Gasteiger charge is 2.30. The number of nitrogens with one attached hydrogen (secondary N) is 2. The summed E-state index contributed by atoms with van der Waals surface area (Å²) >= 11 is 0. The minimum Gasteiger partial charge on any atom is -0.374 e. The molecule has 1 saturated carbocycles. The number of hydrogen-bond donors (Lipinski definition) is 2. The molecule has 0 radical (unpaired) electrons. The van der Waals surface area contributed by atoms with Gasteiger partial charge in [0, 0.05) is 58.4 Å². The van der Waals surface area contributed by atoms with E-state index in [1.54, 1.807) is 0 Å². The first-order valence-corrected chi connectivity index (χ1v) is 10.0. The van der Waals surface area contributed by atoms with E-state index in [9.17, 15) is 0 Å². The third kappa shape index (κ3) is 7.50. The second-order valence-corrected chi connectivity index (χ2v) is 8.09. The molecule has 2 N–H and O–H groups in total. The minimum absolute atomic E-state index is 0.240. The average molecular weight is 354 g/mol. The van der Waals surface area contributed by atoms with Crippen molar-refractivity contribution in [2.45, 2.75) is 58.7 Å². The molecule has 2 fully saturated rings. The summed E-state index contributed by atoms with van der Waals surface area (Å²) in [4.78, 5) is 9.45. The number of rotatable bonds is 9. The number of aliphatic imine (C=N–C) groups is 1. The van der Waals surface area contributed by atoms with Crippen molar-refractivity contribution in [2.24, 2.45) is 10.9 Å². The van der Waals surface area contributed by atoms with Crippen LogP contribution in [0.2, 0.25) is 0 Å². The van der Waals surface area contributed by atoms with Crippen LogP contribution in [0.4, 0.5) is 0 Å². The van der Waals surface area contributed by atoms with Crippen LogP contribution < -0.4 is 10.6 Å². The van der Waals surface area contributed by atoms with Crippen molar-refractivity contribution in [1.82, 2.24) is 20.4 Å². The van der Waals surface area contributed by atoms with Crippen molar-refractivity contribution in [3.05, 3.63) is 0 Å². The molecule has 0 aromatic heterocycles. The van der Waals surface area contributed by atoms with Gasteiger partial charge in [0.25, 0.3) is 0 Å². The van der Waals surface area contributed by atoms with Gasteiger partial charge in [0.15, 0.2) is 5.96 Å². The van der Waals surface area contributed by atoms with E-state index in [-0.39, 0.29) is 6.10 Å². The third-order valence-electron chi connectivity index (χ3n) is 4.91. The second-order valence-electron chi connectivity index (χ2n) is 8.09. The first-order valence-electron chi connectivity index (χ1n) is 10.0. The van der Waals surface area contributed by atoms with Gasteiger partial charge in [-0.25, -0.2) is 0 Å². The molecule has 1 aliphatic heterocycles. The molecule has 1 unspecified atom stereocenters. The van der Waals surface area contributed by atoms with Crippen molar-refractivity contribution in [2.75, 3.05) is 52.9 Å². The Morgan fingerprint density at radius 1 is 1.24 bits per heavy atom. The molecule has 0 spiro atoms. The topological polar surface area (TPSA) is 52.1 Å². The Morgan fingerprint density at radius 2 is 2.00 bits per heavy atom. The molecule has 1 atom stereocenters. The van der Waals surface area contributed by atoms with Crippen LogP contribution in [0.3, 0.4) is 0 Å². The molecule has 2 rings (SSSR count). The molecule has 25 heavy (non-hydrogen) atoms. The molecule has 0 aromatic carbocycles. The molecule has 0 amide bonds. The Morgan fingerprint density at radius 3 is 2.60 bits per heavy atom. The molecule has 1 heterocycles. The minimum atomic E-state index is 0.240. The second kappa shape index (κ2) is 10.3. The Labute approximate surface area is 154 Å². The first-order chi connectivity index (χ1) is 12.0. The monoisotopic (exact) mass is 353 g/mol. The lowest BCUT2D eigenvalue weighted by Gasteiger charge is -2.34. The van der Waals surface area contributed by atoms with Crippen molar-refractivity contribution in [3.63, 3.8) is 0 Å². The molecular weight excluding hydrogens is 314 g/mol. The third-order valence-corrected chi connectivity index (χ3v) is 4.91. The van der Waals surface area contributed by atoms with Crippen LogP contribution in [0.15, 0.2) is 4.99 Å². The van der Waals surface area contributed by atoms with Crippen molar-refractivity contribution in [1.29, 1.82) is 0 Å². The average Bonchev–Trinajstić information content (AvgIpc) is 3.38. The number of guanidine groups is 1. The molecule has 1 aliphatic carbocycles. The summed E-state index contributed by atoms with van der Waals surface area (Å²) in [5.74, 6) is 1.58. The van der Waals surface area contributed by atoms with Gasteiger partial charge in [-0.05, 0) is 32.6 Å². The number of hydrogen-bond acceptors (Lipinski definition) is 4. The standard InChI is InChI=1S/C19H39N5O/c1-15(2)13-23-10-11-25-18(14-23)12-22-19(20-5)21-8-9-24(16(3)4)17-6-7-17/h15-18H,6-14H2,1-5H3,(H2,20,21,22). The lowest BCUT2D eigenvalue weighted by atomic mass is 10.2. The summed E-state index contributed by atoms with van der Waals surface area (Å²) in [6.45, 7) is 16.0. The van der Waals surface area contributed by atoms with Crippen LogP contribution in [0.25, 0.3) is 0 Å². The van der Waals surface area contributed by atoms with E-state index >= 15 is 0 Å². The van der Waals surface area contributed by atoms with E-state index in [2.05, 4.69) is 53.1 Å². The van der Waals surface area contributed by atoms with Crippen LogP contribution in [0.1, 0.15) is 40.5 Å². The van der Waals surface area contributed by atoms with Crippen molar-refractivity contribution < 1.29 is 4.74 Å². The normalized spacial score (nSPS) is 22.9. The molecule has 146 valence electrons.